The van der Waals surface area contributed by atoms with Crippen molar-refractivity contribution in [3.8, 4) is 0 Å². The molecule has 0 amide bonds. The van der Waals surface area contributed by atoms with Gasteiger partial charge in [-0.05, 0) is 44.5 Å². The zero-order chi connectivity index (χ0) is 15.0. The van der Waals surface area contributed by atoms with E-state index in [1.165, 1.54) is 0 Å². The second-order valence-electron chi connectivity index (χ2n) is 4.95. The van der Waals surface area contributed by atoms with E-state index < -0.39 is 10.0 Å². The molecule has 0 bridgehead atoms. The molecule has 0 aliphatic heterocycles. The quantitative estimate of drug-likeness (QED) is 0.572. The highest BCUT2D eigenvalue weighted by atomic mass is 32.2. The van der Waals surface area contributed by atoms with Crippen molar-refractivity contribution in [3.05, 3.63) is 41.5 Å². The van der Waals surface area contributed by atoms with Gasteiger partial charge in [-0.1, -0.05) is 30.7 Å². The monoisotopic (exact) mass is 296 g/mol. The van der Waals surface area contributed by atoms with Gasteiger partial charge in [0, 0.05) is 13.1 Å². The van der Waals surface area contributed by atoms with Crippen molar-refractivity contribution in [2.45, 2.75) is 38.6 Å². The van der Waals surface area contributed by atoms with Crippen molar-refractivity contribution >= 4 is 10.0 Å². The number of sulfonamides is 1. The molecule has 0 saturated heterocycles. The highest BCUT2D eigenvalue weighted by molar-refractivity contribution is 7.89. The van der Waals surface area contributed by atoms with Gasteiger partial charge in [-0.25, -0.2) is 13.1 Å². The number of hydrogen-bond acceptors (Lipinski definition) is 3. The number of benzene rings is 1. The van der Waals surface area contributed by atoms with Gasteiger partial charge in [0.15, 0.2) is 0 Å². The van der Waals surface area contributed by atoms with E-state index in [4.69, 9.17) is 0 Å². The highest BCUT2D eigenvalue weighted by Gasteiger charge is 2.12. The Morgan fingerprint density at radius 2 is 1.85 bits per heavy atom. The Hall–Kier alpha value is -1.17. The Kier molecular flexibility index (Phi) is 6.91. The maximum absolute atomic E-state index is 12.0. The topological polar surface area (TPSA) is 58.2 Å². The summed E-state index contributed by atoms with van der Waals surface area (Å²) in [4.78, 5) is 0.305. The third-order valence-corrected chi connectivity index (χ3v) is 4.21. The SMILES string of the molecule is CCCNCc1ccc(S(=O)(=O)NCC=C(C)C)cc1. The second kappa shape index (κ2) is 8.19. The lowest BCUT2D eigenvalue weighted by molar-refractivity contribution is 0.585. The van der Waals surface area contributed by atoms with E-state index in [1.54, 1.807) is 12.1 Å². The van der Waals surface area contributed by atoms with E-state index >= 15 is 0 Å². The van der Waals surface area contributed by atoms with Crippen LogP contribution in [0.25, 0.3) is 0 Å². The number of hydrogen-bond donors (Lipinski definition) is 2. The molecule has 0 spiro atoms. The smallest absolute Gasteiger partial charge is 0.240 e. The van der Waals surface area contributed by atoms with Gasteiger partial charge in [0.05, 0.1) is 4.90 Å². The number of allylic oxidation sites excluding steroid dienone is 1. The Balaban J connectivity index is 2.64. The molecule has 112 valence electrons. The minimum absolute atomic E-state index is 0.305. The third kappa shape index (κ3) is 5.86. The standard InChI is InChI=1S/C15H24N2O2S/c1-4-10-16-12-14-5-7-15(8-6-14)20(18,19)17-11-9-13(2)3/h5-9,16-17H,4,10-12H2,1-3H3. The van der Waals surface area contributed by atoms with Crippen molar-refractivity contribution in [2.75, 3.05) is 13.1 Å². The van der Waals surface area contributed by atoms with Crippen LogP contribution in [0.4, 0.5) is 0 Å². The minimum atomic E-state index is -3.41. The highest BCUT2D eigenvalue weighted by Crippen LogP contribution is 2.10. The van der Waals surface area contributed by atoms with Crippen LogP contribution in [0, 0.1) is 0 Å². The van der Waals surface area contributed by atoms with Crippen LogP contribution in [-0.4, -0.2) is 21.5 Å². The van der Waals surface area contributed by atoms with Crippen LogP contribution in [0.1, 0.15) is 32.8 Å². The van der Waals surface area contributed by atoms with Crippen LogP contribution in [0.2, 0.25) is 0 Å². The fourth-order valence-corrected chi connectivity index (χ4v) is 2.60. The first-order valence-corrected chi connectivity index (χ1v) is 8.36. The molecule has 0 radical (unpaired) electrons. The molecule has 0 fully saturated rings. The summed E-state index contributed by atoms with van der Waals surface area (Å²) < 4.78 is 26.6. The average molecular weight is 296 g/mol. The zero-order valence-electron chi connectivity index (χ0n) is 12.4. The van der Waals surface area contributed by atoms with E-state index in [-0.39, 0.29) is 0 Å². The molecule has 1 rings (SSSR count). The fourth-order valence-electron chi connectivity index (χ4n) is 1.63. The van der Waals surface area contributed by atoms with E-state index in [1.807, 2.05) is 32.1 Å². The molecule has 0 heterocycles. The van der Waals surface area contributed by atoms with Gasteiger partial charge in [-0.3, -0.25) is 0 Å². The first kappa shape index (κ1) is 16.9. The van der Waals surface area contributed by atoms with Crippen molar-refractivity contribution < 1.29 is 8.42 Å². The first-order chi connectivity index (χ1) is 9.45. The predicted molar refractivity (Wildman–Crippen MR) is 83.1 cm³/mol. The molecule has 1 aromatic rings. The molecule has 0 aromatic heterocycles. The maximum Gasteiger partial charge on any atom is 0.240 e. The molecule has 5 heteroatoms. The molecule has 0 aliphatic carbocycles. The lowest BCUT2D eigenvalue weighted by atomic mass is 10.2. The largest absolute Gasteiger partial charge is 0.313 e. The summed E-state index contributed by atoms with van der Waals surface area (Å²) in [7, 11) is -3.41. The van der Waals surface area contributed by atoms with E-state index in [0.717, 1.165) is 30.6 Å². The van der Waals surface area contributed by atoms with Gasteiger partial charge in [0.1, 0.15) is 0 Å². The Morgan fingerprint density at radius 3 is 2.40 bits per heavy atom. The Bertz CT molecular complexity index is 529. The second-order valence-corrected chi connectivity index (χ2v) is 6.72. The average Bonchev–Trinajstić information content (AvgIpc) is 2.39. The summed E-state index contributed by atoms with van der Waals surface area (Å²) in [5, 5.41) is 3.28. The summed E-state index contributed by atoms with van der Waals surface area (Å²) in [5.41, 5.74) is 2.17. The van der Waals surface area contributed by atoms with Crippen molar-refractivity contribution in [1.29, 1.82) is 0 Å². The normalized spacial score (nSPS) is 11.3. The van der Waals surface area contributed by atoms with E-state index in [0.29, 0.717) is 11.4 Å². The lowest BCUT2D eigenvalue weighted by Gasteiger charge is -2.07. The minimum Gasteiger partial charge on any atom is -0.313 e. The first-order valence-electron chi connectivity index (χ1n) is 6.88. The van der Waals surface area contributed by atoms with Crippen LogP contribution in [0.5, 0.6) is 0 Å². The van der Waals surface area contributed by atoms with E-state index in [2.05, 4.69) is 17.0 Å². The Labute approximate surface area is 122 Å². The number of rotatable bonds is 8. The summed E-state index contributed by atoms with van der Waals surface area (Å²) in [6.45, 7) is 8.04. The van der Waals surface area contributed by atoms with Gasteiger partial charge in [-0.2, -0.15) is 0 Å². The van der Waals surface area contributed by atoms with Crippen LogP contribution in [0.15, 0.2) is 40.8 Å². The van der Waals surface area contributed by atoms with Gasteiger partial charge < -0.3 is 5.32 Å². The van der Waals surface area contributed by atoms with Gasteiger partial charge in [0.2, 0.25) is 10.0 Å². The summed E-state index contributed by atoms with van der Waals surface area (Å²) in [5.74, 6) is 0. The third-order valence-electron chi connectivity index (χ3n) is 2.77. The molecule has 1 aromatic carbocycles. The molecule has 0 saturated carbocycles. The molecule has 4 nitrogen and oxygen atoms in total. The zero-order valence-corrected chi connectivity index (χ0v) is 13.3. The van der Waals surface area contributed by atoms with Crippen LogP contribution in [0.3, 0.4) is 0 Å². The molecule has 0 atom stereocenters. The van der Waals surface area contributed by atoms with E-state index in [9.17, 15) is 8.42 Å². The van der Waals surface area contributed by atoms with Gasteiger partial charge in [-0.15, -0.1) is 0 Å². The summed E-state index contributed by atoms with van der Waals surface area (Å²) in [6.07, 6.45) is 2.93. The van der Waals surface area contributed by atoms with Crippen LogP contribution in [-0.2, 0) is 16.6 Å². The van der Waals surface area contributed by atoms with Crippen LogP contribution < -0.4 is 10.0 Å². The molecular formula is C15H24N2O2S. The molecule has 0 unspecified atom stereocenters. The molecular weight excluding hydrogens is 272 g/mol. The van der Waals surface area contributed by atoms with Crippen molar-refractivity contribution in [3.63, 3.8) is 0 Å². The van der Waals surface area contributed by atoms with Gasteiger partial charge >= 0.3 is 0 Å². The predicted octanol–water partition coefficient (Wildman–Crippen LogP) is 2.43. The summed E-state index contributed by atoms with van der Waals surface area (Å²) >= 11 is 0. The van der Waals surface area contributed by atoms with Gasteiger partial charge in [0.25, 0.3) is 0 Å². The molecule has 20 heavy (non-hydrogen) atoms. The lowest BCUT2D eigenvalue weighted by Crippen LogP contribution is -2.24. The summed E-state index contributed by atoms with van der Waals surface area (Å²) in [6, 6.07) is 6.98. The van der Waals surface area contributed by atoms with Crippen LogP contribution >= 0.6 is 0 Å². The van der Waals surface area contributed by atoms with Crippen molar-refractivity contribution in [1.82, 2.24) is 10.0 Å². The molecule has 2 N–H and O–H groups in total. The number of nitrogens with one attached hydrogen (secondary N) is 2. The fraction of sp³-hybridized carbons (Fsp3) is 0.467. The molecule has 0 aliphatic rings. The Morgan fingerprint density at radius 1 is 1.20 bits per heavy atom. The maximum atomic E-state index is 12.0. The van der Waals surface area contributed by atoms with Crippen molar-refractivity contribution in [2.24, 2.45) is 0 Å².